The fourth-order valence-electron chi connectivity index (χ4n) is 3.94. The molecule has 1 aliphatic heterocycles. The standard InChI is InChI=1S/C23H27N3O2S/c1-19-17-21-10-5-11-22(23(21)24-18-19)29(27,28)26-15-13-25(14-16-26)12-6-9-20-7-3-2-4-8-20/h2-5,7-8,10-11,17-18H,6,9,12-16H2,1H3. The summed E-state index contributed by atoms with van der Waals surface area (Å²) >= 11 is 0. The molecule has 29 heavy (non-hydrogen) atoms. The SMILES string of the molecule is Cc1cnc2c(S(=O)(=O)N3CCN(CCCc4ccccc4)CC3)cccc2c1. The first-order chi connectivity index (χ1) is 14.0. The number of benzene rings is 2. The molecule has 1 aliphatic rings. The van der Waals surface area contributed by atoms with Gasteiger partial charge in [0.15, 0.2) is 0 Å². The molecule has 0 atom stereocenters. The Morgan fingerprint density at radius 3 is 2.48 bits per heavy atom. The van der Waals surface area contributed by atoms with Crippen molar-refractivity contribution < 1.29 is 8.42 Å². The van der Waals surface area contributed by atoms with E-state index in [0.717, 1.165) is 43.4 Å². The first-order valence-corrected chi connectivity index (χ1v) is 11.6. The predicted molar refractivity (Wildman–Crippen MR) is 116 cm³/mol. The lowest BCUT2D eigenvalue weighted by Gasteiger charge is -2.34. The number of pyridine rings is 1. The van der Waals surface area contributed by atoms with E-state index in [1.54, 1.807) is 22.6 Å². The molecule has 4 rings (SSSR count). The maximum Gasteiger partial charge on any atom is 0.245 e. The monoisotopic (exact) mass is 409 g/mol. The summed E-state index contributed by atoms with van der Waals surface area (Å²) in [6, 6.07) is 17.9. The number of aromatic nitrogens is 1. The summed E-state index contributed by atoms with van der Waals surface area (Å²) in [5.74, 6) is 0. The molecule has 0 saturated carbocycles. The highest BCUT2D eigenvalue weighted by molar-refractivity contribution is 7.89. The van der Waals surface area contributed by atoms with Crippen LogP contribution in [0.2, 0.25) is 0 Å². The van der Waals surface area contributed by atoms with E-state index in [0.29, 0.717) is 23.5 Å². The molecule has 2 aromatic carbocycles. The van der Waals surface area contributed by atoms with Crippen molar-refractivity contribution in [1.29, 1.82) is 0 Å². The fraction of sp³-hybridized carbons (Fsp3) is 0.348. The molecular formula is C23H27N3O2S. The summed E-state index contributed by atoms with van der Waals surface area (Å²) in [5.41, 5.74) is 2.94. The predicted octanol–water partition coefficient (Wildman–Crippen LogP) is 3.48. The highest BCUT2D eigenvalue weighted by Crippen LogP contribution is 2.25. The Morgan fingerprint density at radius 2 is 1.72 bits per heavy atom. The van der Waals surface area contributed by atoms with Crippen LogP contribution in [-0.4, -0.2) is 55.3 Å². The Morgan fingerprint density at radius 1 is 0.966 bits per heavy atom. The normalized spacial score (nSPS) is 16.3. The van der Waals surface area contributed by atoms with Gasteiger partial charge in [0, 0.05) is 37.8 Å². The van der Waals surface area contributed by atoms with Crippen molar-refractivity contribution in [2.24, 2.45) is 0 Å². The van der Waals surface area contributed by atoms with Crippen LogP contribution in [0.5, 0.6) is 0 Å². The van der Waals surface area contributed by atoms with E-state index >= 15 is 0 Å². The third-order valence-corrected chi connectivity index (χ3v) is 7.47. The molecule has 0 unspecified atom stereocenters. The molecule has 3 aromatic rings. The van der Waals surface area contributed by atoms with Crippen molar-refractivity contribution in [2.45, 2.75) is 24.7 Å². The Hall–Kier alpha value is -2.28. The van der Waals surface area contributed by atoms with E-state index < -0.39 is 10.0 Å². The molecule has 0 aliphatic carbocycles. The van der Waals surface area contributed by atoms with Crippen molar-refractivity contribution >= 4 is 20.9 Å². The molecular weight excluding hydrogens is 382 g/mol. The van der Waals surface area contributed by atoms with Gasteiger partial charge >= 0.3 is 0 Å². The summed E-state index contributed by atoms with van der Waals surface area (Å²) in [4.78, 5) is 7.08. The molecule has 0 N–H and O–H groups in total. The minimum atomic E-state index is -3.54. The lowest BCUT2D eigenvalue weighted by molar-refractivity contribution is 0.187. The van der Waals surface area contributed by atoms with E-state index in [-0.39, 0.29) is 0 Å². The second kappa shape index (κ2) is 8.61. The topological polar surface area (TPSA) is 53.5 Å². The van der Waals surface area contributed by atoms with Gasteiger partial charge in [0.1, 0.15) is 4.90 Å². The van der Waals surface area contributed by atoms with Crippen molar-refractivity contribution in [3.05, 3.63) is 71.9 Å². The zero-order chi connectivity index (χ0) is 20.3. The van der Waals surface area contributed by atoms with E-state index in [2.05, 4.69) is 34.1 Å². The number of nitrogens with zero attached hydrogens (tertiary/aromatic N) is 3. The highest BCUT2D eigenvalue weighted by Gasteiger charge is 2.30. The van der Waals surface area contributed by atoms with Gasteiger partial charge in [-0.3, -0.25) is 4.98 Å². The number of para-hydroxylation sites is 1. The second-order valence-corrected chi connectivity index (χ2v) is 9.58. The zero-order valence-electron chi connectivity index (χ0n) is 16.8. The van der Waals surface area contributed by atoms with Crippen molar-refractivity contribution in [2.75, 3.05) is 32.7 Å². The molecule has 5 nitrogen and oxygen atoms in total. The first kappa shape index (κ1) is 20.0. The Labute approximate surface area is 173 Å². The molecule has 6 heteroatoms. The first-order valence-electron chi connectivity index (χ1n) is 10.2. The van der Waals surface area contributed by atoms with Crippen LogP contribution in [-0.2, 0) is 16.4 Å². The number of sulfonamides is 1. The molecule has 2 heterocycles. The number of aryl methyl sites for hydroxylation is 2. The van der Waals surface area contributed by atoms with Gasteiger partial charge in [0.2, 0.25) is 10.0 Å². The minimum Gasteiger partial charge on any atom is -0.301 e. The Balaban J connectivity index is 1.39. The lowest BCUT2D eigenvalue weighted by Crippen LogP contribution is -2.48. The Bertz CT molecular complexity index is 1080. The van der Waals surface area contributed by atoms with Gasteiger partial charge in [-0.25, -0.2) is 8.42 Å². The van der Waals surface area contributed by atoms with E-state index in [4.69, 9.17) is 0 Å². The largest absolute Gasteiger partial charge is 0.301 e. The smallest absolute Gasteiger partial charge is 0.245 e. The number of piperazine rings is 1. The van der Waals surface area contributed by atoms with Crippen LogP contribution in [0.4, 0.5) is 0 Å². The van der Waals surface area contributed by atoms with Gasteiger partial charge in [0.05, 0.1) is 5.52 Å². The van der Waals surface area contributed by atoms with Gasteiger partial charge in [-0.2, -0.15) is 4.31 Å². The number of hydrogen-bond acceptors (Lipinski definition) is 4. The van der Waals surface area contributed by atoms with Gasteiger partial charge in [-0.05, 0) is 49.6 Å². The summed E-state index contributed by atoms with van der Waals surface area (Å²) in [5, 5.41) is 0.866. The molecule has 0 radical (unpaired) electrons. The van der Waals surface area contributed by atoms with Crippen LogP contribution in [0.3, 0.4) is 0 Å². The molecule has 0 amide bonds. The van der Waals surface area contributed by atoms with E-state index in [9.17, 15) is 8.42 Å². The third-order valence-electron chi connectivity index (χ3n) is 5.54. The fourth-order valence-corrected chi connectivity index (χ4v) is 5.52. The van der Waals surface area contributed by atoms with Gasteiger partial charge < -0.3 is 4.90 Å². The lowest BCUT2D eigenvalue weighted by atomic mass is 10.1. The van der Waals surface area contributed by atoms with Crippen molar-refractivity contribution in [1.82, 2.24) is 14.2 Å². The minimum absolute atomic E-state index is 0.313. The van der Waals surface area contributed by atoms with Gasteiger partial charge in [-0.15, -0.1) is 0 Å². The van der Waals surface area contributed by atoms with E-state index in [1.807, 2.05) is 25.1 Å². The van der Waals surface area contributed by atoms with Crippen LogP contribution < -0.4 is 0 Å². The molecule has 0 spiro atoms. The summed E-state index contributed by atoms with van der Waals surface area (Å²) in [7, 11) is -3.54. The molecule has 1 fully saturated rings. The molecule has 1 saturated heterocycles. The zero-order valence-corrected chi connectivity index (χ0v) is 17.6. The molecule has 0 bridgehead atoms. The van der Waals surface area contributed by atoms with Crippen LogP contribution in [0.1, 0.15) is 17.5 Å². The second-order valence-electron chi connectivity index (χ2n) is 7.68. The summed E-state index contributed by atoms with van der Waals surface area (Å²) < 4.78 is 28.1. The van der Waals surface area contributed by atoms with E-state index in [1.165, 1.54) is 5.56 Å². The van der Waals surface area contributed by atoms with Gasteiger partial charge in [0.25, 0.3) is 0 Å². The average molecular weight is 410 g/mol. The number of hydrogen-bond donors (Lipinski definition) is 0. The quantitative estimate of drug-likeness (QED) is 0.625. The Kier molecular flexibility index (Phi) is 5.94. The van der Waals surface area contributed by atoms with Gasteiger partial charge in [-0.1, -0.05) is 42.5 Å². The van der Waals surface area contributed by atoms with Crippen LogP contribution >= 0.6 is 0 Å². The maximum absolute atomic E-state index is 13.3. The third kappa shape index (κ3) is 4.50. The molecule has 1 aromatic heterocycles. The number of fused-ring (bicyclic) bond motifs is 1. The summed E-state index contributed by atoms with van der Waals surface area (Å²) in [6.07, 6.45) is 3.87. The van der Waals surface area contributed by atoms with Crippen LogP contribution in [0.15, 0.2) is 65.7 Å². The van der Waals surface area contributed by atoms with Crippen LogP contribution in [0.25, 0.3) is 10.9 Å². The number of rotatable bonds is 6. The van der Waals surface area contributed by atoms with Crippen LogP contribution in [0, 0.1) is 6.92 Å². The van der Waals surface area contributed by atoms with Crippen molar-refractivity contribution in [3.8, 4) is 0 Å². The van der Waals surface area contributed by atoms with Crippen molar-refractivity contribution in [3.63, 3.8) is 0 Å². The summed E-state index contributed by atoms with van der Waals surface area (Å²) in [6.45, 7) is 5.55. The average Bonchev–Trinajstić information content (AvgIpc) is 2.74. The maximum atomic E-state index is 13.3. The highest BCUT2D eigenvalue weighted by atomic mass is 32.2. The molecule has 152 valence electrons.